The topological polar surface area (TPSA) is 213 Å². The highest BCUT2D eigenvalue weighted by Crippen LogP contribution is 2.30. The van der Waals surface area contributed by atoms with Crippen LogP contribution in [-0.4, -0.2) is 46.2 Å². The first-order valence-corrected chi connectivity index (χ1v) is 20.1. The van der Waals surface area contributed by atoms with Gasteiger partial charge < -0.3 is 10.6 Å². The van der Waals surface area contributed by atoms with E-state index >= 15 is 0 Å². The standard InChI is InChI=1S/C37H31N3O10S3/c1-21-14-22(2)35(23(3)15-21)51(43,44)40-28-17-26(36(41)38-33-8-4-6-24-19-29(52(45,46)47)10-12-31(24)33)16-27(18-28)37(42)39-34-9-5-7-25-20-30(53(48,49)50)11-13-32(25)34/h4-20,40H,1-3H3,(H,38,41)(H,39,42)(H,45,46,47)(H,48,49,50). The van der Waals surface area contributed by atoms with Gasteiger partial charge in [0.25, 0.3) is 42.1 Å². The highest BCUT2D eigenvalue weighted by molar-refractivity contribution is 7.92. The Morgan fingerprint density at radius 3 is 1.40 bits per heavy atom. The van der Waals surface area contributed by atoms with Gasteiger partial charge in [0.2, 0.25) is 0 Å². The number of anilines is 3. The van der Waals surface area contributed by atoms with E-state index in [0.717, 1.165) is 5.56 Å². The minimum atomic E-state index is -4.49. The molecule has 6 aromatic carbocycles. The van der Waals surface area contributed by atoms with E-state index in [1.165, 1.54) is 54.6 Å². The van der Waals surface area contributed by atoms with Crippen molar-refractivity contribution in [3.05, 3.63) is 131 Å². The van der Waals surface area contributed by atoms with Gasteiger partial charge in [-0.25, -0.2) is 8.42 Å². The van der Waals surface area contributed by atoms with Gasteiger partial charge in [0.15, 0.2) is 0 Å². The summed E-state index contributed by atoms with van der Waals surface area (Å²) < 4.78 is 95.7. The van der Waals surface area contributed by atoms with Crippen LogP contribution in [0.15, 0.2) is 118 Å². The van der Waals surface area contributed by atoms with Crippen LogP contribution >= 0.6 is 0 Å². The number of carbonyl (C=O) groups is 2. The summed E-state index contributed by atoms with van der Waals surface area (Å²) in [6.45, 7) is 5.15. The number of amides is 2. The van der Waals surface area contributed by atoms with Gasteiger partial charge in [0, 0.05) is 33.3 Å². The fourth-order valence-electron chi connectivity index (χ4n) is 6.20. The van der Waals surface area contributed by atoms with Gasteiger partial charge in [-0.2, -0.15) is 16.8 Å². The number of fused-ring (bicyclic) bond motifs is 2. The quantitative estimate of drug-likeness (QED) is 0.0979. The monoisotopic (exact) mass is 773 g/mol. The van der Waals surface area contributed by atoms with Crippen LogP contribution in [0.3, 0.4) is 0 Å². The van der Waals surface area contributed by atoms with Gasteiger partial charge in [-0.05, 0) is 97.3 Å². The second-order valence-electron chi connectivity index (χ2n) is 12.4. The third-order valence-electron chi connectivity index (χ3n) is 8.38. The molecule has 13 nitrogen and oxygen atoms in total. The number of sulfonamides is 1. The van der Waals surface area contributed by atoms with E-state index in [1.54, 1.807) is 62.4 Å². The molecule has 0 saturated carbocycles. The zero-order valence-corrected chi connectivity index (χ0v) is 30.6. The molecule has 0 aromatic heterocycles. The number of rotatable bonds is 9. The van der Waals surface area contributed by atoms with E-state index in [9.17, 15) is 43.9 Å². The maximum absolute atomic E-state index is 13.8. The summed E-state index contributed by atoms with van der Waals surface area (Å²) in [6.07, 6.45) is 0. The van der Waals surface area contributed by atoms with Crippen molar-refractivity contribution in [3.63, 3.8) is 0 Å². The Morgan fingerprint density at radius 1 is 0.547 bits per heavy atom. The summed E-state index contributed by atoms with van der Waals surface area (Å²) in [5, 5.41) is 7.11. The number of aryl methyl sites for hydroxylation is 3. The van der Waals surface area contributed by atoms with Gasteiger partial charge in [-0.1, -0.05) is 54.1 Å². The van der Waals surface area contributed by atoms with Crippen molar-refractivity contribution in [2.75, 3.05) is 15.4 Å². The molecule has 0 heterocycles. The molecule has 6 rings (SSSR count). The van der Waals surface area contributed by atoms with Crippen LogP contribution in [0.5, 0.6) is 0 Å². The predicted molar refractivity (Wildman–Crippen MR) is 201 cm³/mol. The summed E-state index contributed by atoms with van der Waals surface area (Å²) in [5.74, 6) is -1.48. The fraction of sp³-hybridized carbons (Fsp3) is 0.0811. The molecule has 0 aliphatic rings. The predicted octanol–water partition coefficient (Wildman–Crippen LogP) is 6.72. The van der Waals surface area contributed by atoms with E-state index in [-0.39, 0.29) is 42.9 Å². The first-order chi connectivity index (χ1) is 24.8. The molecule has 0 atom stereocenters. The van der Waals surface area contributed by atoms with Crippen molar-refractivity contribution in [1.29, 1.82) is 0 Å². The molecule has 2 amide bonds. The SMILES string of the molecule is Cc1cc(C)c(S(=O)(=O)Nc2cc(C(=O)Nc3cccc4cc(S(=O)(=O)O)ccc34)cc(C(=O)Nc3cccc4cc(S(=O)(=O)O)ccc34)c2)c(C)c1. The lowest BCUT2D eigenvalue weighted by molar-refractivity contribution is 0.102. The van der Waals surface area contributed by atoms with Crippen LogP contribution < -0.4 is 15.4 Å². The van der Waals surface area contributed by atoms with Crippen LogP contribution in [0.25, 0.3) is 21.5 Å². The average Bonchev–Trinajstić information content (AvgIpc) is 3.06. The van der Waals surface area contributed by atoms with Gasteiger partial charge in [0.1, 0.15) is 0 Å². The van der Waals surface area contributed by atoms with E-state index in [4.69, 9.17) is 0 Å². The Bertz CT molecular complexity index is 2690. The molecule has 272 valence electrons. The molecule has 0 radical (unpaired) electrons. The molecule has 0 fully saturated rings. The summed E-state index contributed by atoms with van der Waals surface area (Å²) in [5.41, 5.74) is 2.03. The summed E-state index contributed by atoms with van der Waals surface area (Å²) in [4.78, 5) is 27.0. The van der Waals surface area contributed by atoms with Crippen molar-refractivity contribution in [1.82, 2.24) is 0 Å². The Balaban J connectivity index is 1.41. The maximum Gasteiger partial charge on any atom is 0.294 e. The molecule has 0 saturated heterocycles. The van der Waals surface area contributed by atoms with Crippen LogP contribution in [0.1, 0.15) is 37.4 Å². The normalized spacial score (nSPS) is 12.1. The van der Waals surface area contributed by atoms with Crippen LogP contribution in [-0.2, 0) is 30.3 Å². The van der Waals surface area contributed by atoms with Gasteiger partial charge in [0.05, 0.1) is 20.4 Å². The third-order valence-corrected chi connectivity index (χ3v) is 11.8. The lowest BCUT2D eigenvalue weighted by Crippen LogP contribution is -2.19. The molecule has 16 heteroatoms. The lowest BCUT2D eigenvalue weighted by Gasteiger charge is -2.16. The minimum Gasteiger partial charge on any atom is -0.321 e. The number of hydrogen-bond acceptors (Lipinski definition) is 8. The second-order valence-corrected chi connectivity index (χ2v) is 16.8. The number of nitrogens with one attached hydrogen (secondary N) is 3. The van der Waals surface area contributed by atoms with E-state index < -0.39 is 42.1 Å². The van der Waals surface area contributed by atoms with Crippen molar-refractivity contribution in [3.8, 4) is 0 Å². The molecule has 0 bridgehead atoms. The first kappa shape index (κ1) is 37.1. The second kappa shape index (κ2) is 13.7. The molecule has 53 heavy (non-hydrogen) atoms. The number of hydrogen-bond donors (Lipinski definition) is 5. The summed E-state index contributed by atoms with van der Waals surface area (Å²) >= 11 is 0. The third kappa shape index (κ3) is 7.91. The molecule has 0 spiro atoms. The van der Waals surface area contributed by atoms with Crippen molar-refractivity contribution >= 4 is 80.7 Å². The van der Waals surface area contributed by atoms with Gasteiger partial charge in [-0.15, -0.1) is 0 Å². The number of carbonyl (C=O) groups excluding carboxylic acids is 2. The average molecular weight is 774 g/mol. The maximum atomic E-state index is 13.8. The zero-order chi connectivity index (χ0) is 38.5. The van der Waals surface area contributed by atoms with E-state index in [0.29, 0.717) is 32.7 Å². The molecule has 0 aliphatic heterocycles. The molecule has 5 N–H and O–H groups in total. The minimum absolute atomic E-state index is 0.0315. The molecule has 0 unspecified atom stereocenters. The highest BCUT2D eigenvalue weighted by Gasteiger charge is 2.23. The van der Waals surface area contributed by atoms with Crippen LogP contribution in [0, 0.1) is 20.8 Å². The zero-order valence-electron chi connectivity index (χ0n) is 28.2. The van der Waals surface area contributed by atoms with Crippen molar-refractivity contribution in [2.45, 2.75) is 35.5 Å². The summed E-state index contributed by atoms with van der Waals surface area (Å²) in [7, 11) is -13.2. The summed E-state index contributed by atoms with van der Waals surface area (Å²) in [6, 6.07) is 24.3. The fourth-order valence-corrected chi connectivity index (χ4v) is 8.72. The Hall–Kier alpha value is -5.65. The largest absolute Gasteiger partial charge is 0.321 e. The van der Waals surface area contributed by atoms with Gasteiger partial charge in [-0.3, -0.25) is 23.4 Å². The van der Waals surface area contributed by atoms with Gasteiger partial charge >= 0.3 is 0 Å². The first-order valence-electron chi connectivity index (χ1n) is 15.7. The smallest absolute Gasteiger partial charge is 0.294 e. The van der Waals surface area contributed by atoms with Crippen LogP contribution in [0.4, 0.5) is 17.1 Å². The van der Waals surface area contributed by atoms with E-state index in [1.807, 2.05) is 6.92 Å². The Morgan fingerprint density at radius 2 is 0.981 bits per heavy atom. The Kier molecular flexibility index (Phi) is 9.61. The molecule has 6 aromatic rings. The van der Waals surface area contributed by atoms with Crippen molar-refractivity contribution in [2.24, 2.45) is 0 Å². The van der Waals surface area contributed by atoms with Crippen molar-refractivity contribution < 1.29 is 43.9 Å². The number of benzene rings is 6. The molecular formula is C37H31N3O10S3. The Labute approximate surface area is 305 Å². The lowest BCUT2D eigenvalue weighted by atomic mass is 10.1. The molecule has 0 aliphatic carbocycles. The molecular weight excluding hydrogens is 743 g/mol. The van der Waals surface area contributed by atoms with E-state index in [2.05, 4.69) is 15.4 Å². The van der Waals surface area contributed by atoms with Crippen LogP contribution in [0.2, 0.25) is 0 Å². The highest BCUT2D eigenvalue weighted by atomic mass is 32.2.